The second-order valence-electron chi connectivity index (χ2n) is 5.44. The standard InChI is InChI=1S/C16H24N2OS/c1-5-14-16(19)18(12(3)10-20-4)15(17-14)13-9-7-6-8-11(13)2/h6-9,12,14-15,17H,5,10H2,1-4H3. The number of hydrogen-bond acceptors (Lipinski definition) is 3. The lowest BCUT2D eigenvalue weighted by atomic mass is 10.1. The topological polar surface area (TPSA) is 32.3 Å². The maximum absolute atomic E-state index is 12.6. The number of carbonyl (C=O) groups is 1. The number of rotatable bonds is 5. The van der Waals surface area contributed by atoms with Gasteiger partial charge < -0.3 is 4.90 Å². The number of nitrogens with zero attached hydrogens (tertiary/aromatic N) is 1. The zero-order valence-electron chi connectivity index (χ0n) is 12.7. The van der Waals surface area contributed by atoms with Crippen LogP contribution in [-0.4, -0.2) is 34.9 Å². The predicted octanol–water partition coefficient (Wildman–Crippen LogP) is 2.96. The number of carbonyl (C=O) groups excluding carboxylic acids is 1. The molecule has 1 heterocycles. The van der Waals surface area contributed by atoms with Crippen LogP contribution in [0, 0.1) is 6.92 Å². The van der Waals surface area contributed by atoms with Crippen molar-refractivity contribution in [2.45, 2.75) is 45.4 Å². The molecule has 1 N–H and O–H groups in total. The maximum Gasteiger partial charge on any atom is 0.241 e. The Labute approximate surface area is 126 Å². The molecule has 0 aliphatic carbocycles. The monoisotopic (exact) mass is 292 g/mol. The van der Waals surface area contributed by atoms with E-state index in [1.54, 1.807) is 11.8 Å². The molecule has 1 aliphatic rings. The Morgan fingerprint density at radius 1 is 1.40 bits per heavy atom. The van der Waals surface area contributed by atoms with E-state index in [0.29, 0.717) is 0 Å². The van der Waals surface area contributed by atoms with E-state index in [-0.39, 0.29) is 24.2 Å². The fourth-order valence-electron chi connectivity index (χ4n) is 2.87. The Morgan fingerprint density at radius 3 is 2.70 bits per heavy atom. The van der Waals surface area contributed by atoms with Crippen molar-refractivity contribution in [2.24, 2.45) is 0 Å². The molecule has 2 rings (SSSR count). The van der Waals surface area contributed by atoms with Crippen LogP contribution in [0.2, 0.25) is 0 Å². The highest BCUT2D eigenvalue weighted by molar-refractivity contribution is 7.98. The van der Waals surface area contributed by atoms with Gasteiger partial charge in [0.05, 0.1) is 6.04 Å². The van der Waals surface area contributed by atoms with Crippen molar-refractivity contribution in [3.63, 3.8) is 0 Å². The van der Waals surface area contributed by atoms with Crippen LogP contribution in [0.1, 0.15) is 37.6 Å². The van der Waals surface area contributed by atoms with E-state index in [0.717, 1.165) is 12.2 Å². The first kappa shape index (κ1) is 15.4. The number of nitrogens with one attached hydrogen (secondary N) is 1. The summed E-state index contributed by atoms with van der Waals surface area (Å²) in [4.78, 5) is 14.6. The molecule has 0 bridgehead atoms. The third-order valence-corrected chi connectivity index (χ3v) is 4.78. The van der Waals surface area contributed by atoms with Gasteiger partial charge in [-0.25, -0.2) is 0 Å². The molecular formula is C16H24N2OS. The van der Waals surface area contributed by atoms with Crippen molar-refractivity contribution in [2.75, 3.05) is 12.0 Å². The number of amides is 1. The first-order valence-electron chi connectivity index (χ1n) is 7.22. The molecule has 1 aliphatic heterocycles. The molecule has 0 radical (unpaired) electrons. The van der Waals surface area contributed by atoms with Crippen molar-refractivity contribution < 1.29 is 4.79 Å². The molecule has 1 amide bonds. The minimum atomic E-state index is -0.0519. The van der Waals surface area contributed by atoms with Crippen LogP contribution in [-0.2, 0) is 4.79 Å². The first-order chi connectivity index (χ1) is 9.60. The lowest BCUT2D eigenvalue weighted by Crippen LogP contribution is -2.40. The van der Waals surface area contributed by atoms with Crippen LogP contribution in [0.3, 0.4) is 0 Å². The van der Waals surface area contributed by atoms with Crippen LogP contribution < -0.4 is 5.32 Å². The van der Waals surface area contributed by atoms with Gasteiger partial charge in [-0.3, -0.25) is 10.1 Å². The fourth-order valence-corrected chi connectivity index (χ4v) is 3.51. The third-order valence-electron chi connectivity index (χ3n) is 3.96. The molecule has 0 aromatic heterocycles. The van der Waals surface area contributed by atoms with Crippen LogP contribution in [0.5, 0.6) is 0 Å². The molecule has 3 nitrogen and oxygen atoms in total. The normalized spacial score (nSPS) is 24.2. The summed E-state index contributed by atoms with van der Waals surface area (Å²) in [5.74, 6) is 1.20. The molecular weight excluding hydrogens is 268 g/mol. The van der Waals surface area contributed by atoms with Crippen molar-refractivity contribution >= 4 is 17.7 Å². The van der Waals surface area contributed by atoms with Crippen LogP contribution >= 0.6 is 11.8 Å². The van der Waals surface area contributed by atoms with E-state index in [4.69, 9.17) is 0 Å². The smallest absolute Gasteiger partial charge is 0.241 e. The van der Waals surface area contributed by atoms with Gasteiger partial charge in [-0.05, 0) is 37.7 Å². The lowest BCUT2D eigenvalue weighted by Gasteiger charge is -2.31. The molecule has 3 atom stereocenters. The van der Waals surface area contributed by atoms with Gasteiger partial charge in [0.1, 0.15) is 6.17 Å². The molecule has 20 heavy (non-hydrogen) atoms. The van der Waals surface area contributed by atoms with Gasteiger partial charge in [0.15, 0.2) is 0 Å². The Kier molecular flexibility index (Phi) is 5.11. The third kappa shape index (κ3) is 2.86. The highest BCUT2D eigenvalue weighted by atomic mass is 32.2. The molecule has 3 unspecified atom stereocenters. The minimum Gasteiger partial charge on any atom is -0.318 e. The number of hydrogen-bond donors (Lipinski definition) is 1. The van der Waals surface area contributed by atoms with E-state index in [1.807, 2.05) is 17.0 Å². The van der Waals surface area contributed by atoms with E-state index >= 15 is 0 Å². The molecule has 1 fully saturated rings. The number of benzene rings is 1. The Balaban J connectivity index is 2.34. The lowest BCUT2D eigenvalue weighted by molar-refractivity contribution is -0.131. The summed E-state index contributed by atoms with van der Waals surface area (Å²) >= 11 is 1.79. The number of aryl methyl sites for hydroxylation is 1. The molecule has 0 spiro atoms. The van der Waals surface area contributed by atoms with Crippen LogP contribution in [0.25, 0.3) is 0 Å². The summed E-state index contributed by atoms with van der Waals surface area (Å²) in [6.45, 7) is 6.31. The Bertz CT molecular complexity index is 477. The average Bonchev–Trinajstić information content (AvgIpc) is 2.76. The highest BCUT2D eigenvalue weighted by Crippen LogP contribution is 2.31. The zero-order chi connectivity index (χ0) is 14.7. The molecule has 4 heteroatoms. The molecule has 1 aromatic rings. The second kappa shape index (κ2) is 6.64. The van der Waals surface area contributed by atoms with Gasteiger partial charge in [-0.15, -0.1) is 0 Å². The maximum atomic E-state index is 12.6. The number of thioether (sulfide) groups is 1. The van der Waals surface area contributed by atoms with Gasteiger partial charge in [0.25, 0.3) is 0 Å². The van der Waals surface area contributed by atoms with E-state index in [9.17, 15) is 4.79 Å². The van der Waals surface area contributed by atoms with Crippen molar-refractivity contribution in [1.82, 2.24) is 10.2 Å². The van der Waals surface area contributed by atoms with Crippen molar-refractivity contribution in [3.8, 4) is 0 Å². The van der Waals surface area contributed by atoms with Gasteiger partial charge in [-0.1, -0.05) is 31.2 Å². The second-order valence-corrected chi connectivity index (χ2v) is 6.35. The average molecular weight is 292 g/mol. The molecule has 0 saturated carbocycles. The van der Waals surface area contributed by atoms with Gasteiger partial charge >= 0.3 is 0 Å². The van der Waals surface area contributed by atoms with Gasteiger partial charge in [-0.2, -0.15) is 11.8 Å². The predicted molar refractivity (Wildman–Crippen MR) is 85.8 cm³/mol. The van der Waals surface area contributed by atoms with E-state index in [1.165, 1.54) is 11.1 Å². The quantitative estimate of drug-likeness (QED) is 0.905. The summed E-state index contributed by atoms with van der Waals surface area (Å²) in [5, 5.41) is 3.50. The Morgan fingerprint density at radius 2 is 2.10 bits per heavy atom. The summed E-state index contributed by atoms with van der Waals surface area (Å²) in [6, 6.07) is 8.51. The summed E-state index contributed by atoms with van der Waals surface area (Å²) < 4.78 is 0. The zero-order valence-corrected chi connectivity index (χ0v) is 13.5. The molecule has 1 saturated heterocycles. The Hall–Kier alpha value is -1.00. The van der Waals surface area contributed by atoms with Crippen molar-refractivity contribution in [3.05, 3.63) is 35.4 Å². The highest BCUT2D eigenvalue weighted by Gasteiger charge is 2.41. The van der Waals surface area contributed by atoms with Gasteiger partial charge in [0.2, 0.25) is 5.91 Å². The minimum absolute atomic E-state index is 0.01000. The summed E-state index contributed by atoms with van der Waals surface area (Å²) in [5.41, 5.74) is 2.45. The largest absolute Gasteiger partial charge is 0.318 e. The van der Waals surface area contributed by atoms with Gasteiger partial charge in [0, 0.05) is 11.8 Å². The summed E-state index contributed by atoms with van der Waals surface area (Å²) in [6.07, 6.45) is 2.93. The van der Waals surface area contributed by atoms with E-state index < -0.39 is 0 Å². The van der Waals surface area contributed by atoms with Crippen LogP contribution in [0.4, 0.5) is 0 Å². The molecule has 110 valence electrons. The van der Waals surface area contributed by atoms with Crippen molar-refractivity contribution in [1.29, 1.82) is 0 Å². The summed E-state index contributed by atoms with van der Waals surface area (Å²) in [7, 11) is 0. The molecule has 1 aromatic carbocycles. The first-order valence-corrected chi connectivity index (χ1v) is 8.62. The SMILES string of the molecule is CCC1NC(c2ccccc2C)N(C(C)CSC)C1=O. The fraction of sp³-hybridized carbons (Fsp3) is 0.562. The van der Waals surface area contributed by atoms with E-state index in [2.05, 4.69) is 44.5 Å². The van der Waals surface area contributed by atoms with Crippen LogP contribution in [0.15, 0.2) is 24.3 Å².